The van der Waals surface area contributed by atoms with Crippen molar-refractivity contribution in [3.05, 3.63) is 0 Å². The van der Waals surface area contributed by atoms with Crippen molar-refractivity contribution in [2.24, 2.45) is 17.8 Å². The lowest BCUT2D eigenvalue weighted by atomic mass is 9.80. The van der Waals surface area contributed by atoms with Gasteiger partial charge in [0, 0.05) is 65.9 Å². The summed E-state index contributed by atoms with van der Waals surface area (Å²) in [5, 5.41) is 22.9. The molecule has 3 aliphatic heterocycles. The van der Waals surface area contributed by atoms with Crippen molar-refractivity contribution >= 4 is 11.8 Å². The molecule has 7 atom stereocenters. The molecule has 6 unspecified atom stereocenters. The molecule has 3 heterocycles. The van der Waals surface area contributed by atoms with Gasteiger partial charge >= 0.3 is 0 Å². The molecule has 12 heteroatoms. The number of nitrogens with one attached hydrogen (secondary N) is 7. The molecule has 3 saturated heterocycles. The van der Waals surface area contributed by atoms with Crippen molar-refractivity contribution in [1.82, 2.24) is 42.1 Å². The van der Waals surface area contributed by atoms with Crippen LogP contribution in [0.1, 0.15) is 25.7 Å². The first kappa shape index (κ1) is 26.6. The van der Waals surface area contributed by atoms with Crippen molar-refractivity contribution in [2.75, 3.05) is 53.9 Å². The Morgan fingerprint density at radius 1 is 1.00 bits per heavy atom. The van der Waals surface area contributed by atoms with Gasteiger partial charge in [0.15, 0.2) is 0 Å². The van der Waals surface area contributed by atoms with Crippen molar-refractivity contribution in [3.63, 3.8) is 0 Å². The number of methoxy groups -OCH3 is 1. The van der Waals surface area contributed by atoms with Crippen LogP contribution in [0.15, 0.2) is 0 Å². The molecule has 4 fully saturated rings. The van der Waals surface area contributed by atoms with Crippen LogP contribution in [-0.2, 0) is 14.3 Å². The smallest absolute Gasteiger partial charge is 0.227 e. The number of rotatable bonds is 7. The van der Waals surface area contributed by atoms with Crippen LogP contribution < -0.4 is 37.2 Å². The van der Waals surface area contributed by atoms with E-state index in [0.717, 1.165) is 32.2 Å². The second kappa shape index (κ2) is 12.2. The maximum absolute atomic E-state index is 13.6. The van der Waals surface area contributed by atoms with Crippen LogP contribution in [-0.4, -0.2) is 108 Å². The van der Waals surface area contributed by atoms with E-state index in [9.17, 15) is 14.0 Å². The van der Waals surface area contributed by atoms with Gasteiger partial charge in [0.2, 0.25) is 11.8 Å². The molecule has 200 valence electrons. The molecule has 0 aromatic heterocycles. The number of amides is 2. The zero-order valence-corrected chi connectivity index (χ0v) is 21.1. The lowest BCUT2D eigenvalue weighted by molar-refractivity contribution is -0.127. The van der Waals surface area contributed by atoms with Crippen LogP contribution in [0.3, 0.4) is 0 Å². The number of ether oxygens (including phenoxy) is 1. The largest absolute Gasteiger partial charge is 0.379 e. The predicted molar refractivity (Wildman–Crippen MR) is 130 cm³/mol. The topological polar surface area (TPSA) is 131 Å². The minimum absolute atomic E-state index is 0.00580. The molecule has 0 aromatic carbocycles. The summed E-state index contributed by atoms with van der Waals surface area (Å²) in [6.07, 6.45) is 2.44. The van der Waals surface area contributed by atoms with Crippen molar-refractivity contribution in [3.8, 4) is 0 Å². The zero-order valence-electron chi connectivity index (χ0n) is 21.1. The first-order valence-corrected chi connectivity index (χ1v) is 13.0. The van der Waals surface area contributed by atoms with E-state index in [0.29, 0.717) is 26.2 Å². The van der Waals surface area contributed by atoms with Crippen LogP contribution in [0.25, 0.3) is 0 Å². The molecule has 4 rings (SSSR count). The average Bonchev–Trinajstić information content (AvgIpc) is 3.38. The van der Waals surface area contributed by atoms with Gasteiger partial charge in [-0.25, -0.2) is 4.39 Å². The highest BCUT2D eigenvalue weighted by atomic mass is 19.1. The molecule has 0 spiro atoms. The number of hydrogen-bond donors (Lipinski definition) is 7. The minimum atomic E-state index is -0.873. The highest BCUT2D eigenvalue weighted by molar-refractivity contribution is 5.79. The predicted octanol–water partition coefficient (Wildman–Crippen LogP) is -2.15. The molecular weight excluding hydrogens is 455 g/mol. The Morgan fingerprint density at radius 3 is 2.43 bits per heavy atom. The summed E-state index contributed by atoms with van der Waals surface area (Å²) in [4.78, 5) is 27.1. The molecule has 2 amide bonds. The second-order valence-electron chi connectivity index (χ2n) is 10.2. The van der Waals surface area contributed by atoms with Gasteiger partial charge in [-0.2, -0.15) is 0 Å². The monoisotopic (exact) mass is 498 g/mol. The van der Waals surface area contributed by atoms with Gasteiger partial charge in [0.1, 0.15) is 12.5 Å². The number of hydrogen-bond acceptors (Lipinski definition) is 9. The number of alkyl halides is 1. The Hall–Kier alpha value is -1.41. The van der Waals surface area contributed by atoms with Gasteiger partial charge < -0.3 is 15.4 Å². The Morgan fingerprint density at radius 2 is 1.74 bits per heavy atom. The van der Waals surface area contributed by atoms with Crippen LogP contribution in [0.2, 0.25) is 0 Å². The third-order valence-electron chi connectivity index (χ3n) is 8.14. The number of halogens is 1. The van der Waals surface area contributed by atoms with Gasteiger partial charge in [0.25, 0.3) is 0 Å². The summed E-state index contributed by atoms with van der Waals surface area (Å²) >= 11 is 0. The summed E-state index contributed by atoms with van der Waals surface area (Å²) in [7, 11) is 5.07. The van der Waals surface area contributed by atoms with Crippen molar-refractivity contribution in [1.29, 1.82) is 0 Å². The molecule has 11 nitrogen and oxygen atoms in total. The van der Waals surface area contributed by atoms with E-state index in [1.54, 1.807) is 21.2 Å². The van der Waals surface area contributed by atoms with E-state index in [2.05, 4.69) is 42.1 Å². The molecule has 1 saturated carbocycles. The third-order valence-corrected chi connectivity index (χ3v) is 8.14. The SMILES string of the molecule is CNC(=O)C1CNC(N2CC[C@H](C(=O)NC)C2)NC1NC1CCCC(C2NCC(F)CN2)C1OC. The summed E-state index contributed by atoms with van der Waals surface area (Å²) in [6, 6.07) is 0.0473. The van der Waals surface area contributed by atoms with Gasteiger partial charge in [0.05, 0.1) is 30.3 Å². The molecule has 0 radical (unpaired) electrons. The second-order valence-corrected chi connectivity index (χ2v) is 10.2. The molecule has 4 aliphatic rings. The lowest BCUT2D eigenvalue weighted by Gasteiger charge is -2.47. The average molecular weight is 499 g/mol. The Balaban J connectivity index is 1.43. The number of carbonyl (C=O) groups excluding carboxylic acids is 2. The Bertz CT molecular complexity index is 725. The number of carbonyl (C=O) groups is 2. The summed E-state index contributed by atoms with van der Waals surface area (Å²) < 4.78 is 19.7. The zero-order chi connectivity index (χ0) is 24.9. The lowest BCUT2D eigenvalue weighted by Crippen LogP contribution is -2.72. The van der Waals surface area contributed by atoms with Gasteiger partial charge in [-0.05, 0) is 19.3 Å². The van der Waals surface area contributed by atoms with Crippen molar-refractivity contribution in [2.45, 2.75) is 62.6 Å². The molecular formula is C23H43FN8O3. The fourth-order valence-corrected chi connectivity index (χ4v) is 6.23. The Kier molecular flexibility index (Phi) is 9.30. The van der Waals surface area contributed by atoms with Gasteiger partial charge in [-0.15, -0.1) is 0 Å². The van der Waals surface area contributed by atoms with Crippen molar-refractivity contribution < 1.29 is 18.7 Å². The molecule has 1 aliphatic carbocycles. The number of likely N-dealkylation sites (tertiary alicyclic amines) is 1. The molecule has 0 aromatic rings. The molecule has 7 N–H and O–H groups in total. The molecule has 0 bridgehead atoms. The standard InChI is InChI=1S/C23H43FN8O3/c1-25-21(33)13-7-8-32(12-13)23-29-11-16(22(34)26-2)20(31-23)30-17-6-4-5-15(18(17)35-3)19-27-9-14(24)10-28-19/h13-20,23,27-31H,4-12H2,1-3H3,(H,25,33)(H,26,34)/t13-,14?,15?,16?,17?,18?,19?,20?,23?/m0/s1. The fraction of sp³-hybridized carbons (Fsp3) is 0.913. The van der Waals surface area contributed by atoms with E-state index in [1.165, 1.54) is 0 Å². The highest BCUT2D eigenvalue weighted by Gasteiger charge is 2.44. The van der Waals surface area contributed by atoms with E-state index in [4.69, 9.17) is 4.74 Å². The summed E-state index contributed by atoms with van der Waals surface area (Å²) in [5.74, 6) is -0.0904. The van der Waals surface area contributed by atoms with E-state index in [1.807, 2.05) is 0 Å². The van der Waals surface area contributed by atoms with Crippen LogP contribution in [0.4, 0.5) is 4.39 Å². The summed E-state index contributed by atoms with van der Waals surface area (Å²) in [5.41, 5.74) is 0. The maximum atomic E-state index is 13.6. The quantitative estimate of drug-likeness (QED) is 0.210. The normalized spacial score (nSPS) is 40.9. The van der Waals surface area contributed by atoms with Crippen LogP contribution in [0, 0.1) is 17.8 Å². The Labute approximate surface area is 207 Å². The summed E-state index contributed by atoms with van der Waals surface area (Å²) in [6.45, 7) is 2.70. The highest BCUT2D eigenvalue weighted by Crippen LogP contribution is 2.30. The number of nitrogens with zero attached hydrogens (tertiary/aromatic N) is 1. The van der Waals surface area contributed by atoms with E-state index < -0.39 is 6.17 Å². The van der Waals surface area contributed by atoms with Gasteiger partial charge in [-0.1, -0.05) is 6.42 Å². The van der Waals surface area contributed by atoms with Crippen LogP contribution in [0.5, 0.6) is 0 Å². The fourth-order valence-electron chi connectivity index (χ4n) is 6.23. The minimum Gasteiger partial charge on any atom is -0.379 e. The van der Waals surface area contributed by atoms with Crippen LogP contribution >= 0.6 is 0 Å². The first-order chi connectivity index (χ1) is 16.9. The molecule has 35 heavy (non-hydrogen) atoms. The van der Waals surface area contributed by atoms with E-state index in [-0.39, 0.29) is 60.3 Å². The van der Waals surface area contributed by atoms with E-state index >= 15 is 0 Å². The maximum Gasteiger partial charge on any atom is 0.227 e. The first-order valence-electron chi connectivity index (χ1n) is 13.0. The van der Waals surface area contributed by atoms with Gasteiger partial charge in [-0.3, -0.25) is 41.1 Å². The third kappa shape index (κ3) is 6.12.